The van der Waals surface area contributed by atoms with Crippen LogP contribution in [0.1, 0.15) is 43.6 Å². The summed E-state index contributed by atoms with van der Waals surface area (Å²) in [6.07, 6.45) is 3.13. The molecule has 7 nitrogen and oxygen atoms in total. The van der Waals surface area contributed by atoms with Crippen molar-refractivity contribution in [2.75, 3.05) is 6.54 Å². The lowest BCUT2D eigenvalue weighted by Gasteiger charge is -2.25. The number of amides is 3. The summed E-state index contributed by atoms with van der Waals surface area (Å²) in [6.45, 7) is 5.42. The number of nitrogens with zero attached hydrogens (tertiary/aromatic N) is 3. The van der Waals surface area contributed by atoms with Crippen LogP contribution in [0.3, 0.4) is 0 Å². The Hall–Kier alpha value is -3.29. The van der Waals surface area contributed by atoms with E-state index in [1.807, 2.05) is 18.4 Å². The van der Waals surface area contributed by atoms with Crippen LogP contribution in [0, 0.1) is 5.82 Å². The Labute approximate surface area is 161 Å². The minimum absolute atomic E-state index is 0.0142. The molecule has 1 aromatic carbocycles. The van der Waals surface area contributed by atoms with Gasteiger partial charge >= 0.3 is 0 Å². The largest absolute Gasteiger partial charge is 0.329 e. The van der Waals surface area contributed by atoms with E-state index in [1.165, 1.54) is 25.1 Å². The number of hydrogen-bond acceptors (Lipinski definition) is 4. The Balaban J connectivity index is 1.95. The number of imidazole rings is 1. The molecule has 3 amide bonds. The second-order valence-corrected chi connectivity index (χ2v) is 6.94. The van der Waals surface area contributed by atoms with Crippen LogP contribution < -0.4 is 5.32 Å². The topological polar surface area (TPSA) is 84.3 Å². The van der Waals surface area contributed by atoms with Crippen molar-refractivity contribution in [1.82, 2.24) is 19.8 Å². The van der Waals surface area contributed by atoms with Gasteiger partial charge < -0.3 is 9.88 Å². The average molecular weight is 384 g/mol. The quantitative estimate of drug-likeness (QED) is 0.818. The van der Waals surface area contributed by atoms with Gasteiger partial charge in [0.05, 0.1) is 12.0 Å². The van der Waals surface area contributed by atoms with E-state index >= 15 is 0 Å². The number of hydrogen-bond donors (Lipinski definition) is 1. The zero-order valence-corrected chi connectivity index (χ0v) is 15.9. The standard InChI is InChI=1S/C20H21FN4O3/c1-12(2)19-16(8-17-20(28)25(13(3)26)10-18(27)23-17)22-11-24(19)9-14-4-6-15(21)7-5-14/h4-8,11-12H,9-10H2,1-3H3,(H,23,27)/b17-8-. The monoisotopic (exact) mass is 384 g/mol. The van der Waals surface area contributed by atoms with Crippen LogP contribution in [0.5, 0.6) is 0 Å². The van der Waals surface area contributed by atoms with Gasteiger partial charge in [-0.1, -0.05) is 26.0 Å². The van der Waals surface area contributed by atoms with Crippen molar-refractivity contribution in [2.24, 2.45) is 0 Å². The molecule has 0 bridgehead atoms. The summed E-state index contributed by atoms with van der Waals surface area (Å²) < 4.78 is 15.1. The molecule has 2 aromatic rings. The second-order valence-electron chi connectivity index (χ2n) is 6.94. The zero-order valence-electron chi connectivity index (χ0n) is 15.9. The van der Waals surface area contributed by atoms with Crippen molar-refractivity contribution in [3.63, 3.8) is 0 Å². The third-order valence-electron chi connectivity index (χ3n) is 4.43. The maximum absolute atomic E-state index is 13.1. The maximum Gasteiger partial charge on any atom is 0.277 e. The molecule has 2 heterocycles. The van der Waals surface area contributed by atoms with E-state index in [2.05, 4.69) is 10.3 Å². The van der Waals surface area contributed by atoms with Gasteiger partial charge in [0.2, 0.25) is 11.8 Å². The van der Waals surface area contributed by atoms with Crippen LogP contribution in [-0.2, 0) is 20.9 Å². The Kier molecular flexibility index (Phi) is 5.39. The maximum atomic E-state index is 13.1. The molecule has 1 aromatic heterocycles. The van der Waals surface area contributed by atoms with Gasteiger partial charge in [-0.2, -0.15) is 0 Å². The molecule has 0 aliphatic carbocycles. The molecule has 1 fully saturated rings. The van der Waals surface area contributed by atoms with Crippen molar-refractivity contribution in [2.45, 2.75) is 33.2 Å². The molecule has 1 aliphatic heterocycles. The molecule has 0 unspecified atom stereocenters. The third kappa shape index (κ3) is 4.00. The molecule has 1 saturated heterocycles. The molecular weight excluding hydrogens is 363 g/mol. The van der Waals surface area contributed by atoms with Crippen LogP contribution in [-0.4, -0.2) is 38.7 Å². The Bertz CT molecular complexity index is 960. The average Bonchev–Trinajstić information content (AvgIpc) is 3.02. The van der Waals surface area contributed by atoms with Crippen LogP contribution in [0.2, 0.25) is 0 Å². The van der Waals surface area contributed by atoms with Gasteiger partial charge in [0.15, 0.2) is 0 Å². The number of piperazine rings is 1. The van der Waals surface area contributed by atoms with Crippen molar-refractivity contribution >= 4 is 23.8 Å². The van der Waals surface area contributed by atoms with Gasteiger partial charge in [-0.05, 0) is 29.7 Å². The number of aromatic nitrogens is 2. The lowest BCUT2D eigenvalue weighted by atomic mass is 10.1. The van der Waals surface area contributed by atoms with Crippen LogP contribution in [0.4, 0.5) is 4.39 Å². The molecule has 3 rings (SSSR count). The van der Waals surface area contributed by atoms with Gasteiger partial charge in [-0.15, -0.1) is 0 Å². The number of halogens is 1. The fourth-order valence-electron chi connectivity index (χ4n) is 3.15. The molecule has 0 atom stereocenters. The number of carbonyl (C=O) groups excluding carboxylic acids is 3. The van der Waals surface area contributed by atoms with Crippen molar-refractivity contribution in [3.8, 4) is 0 Å². The highest BCUT2D eigenvalue weighted by molar-refractivity contribution is 6.12. The second kappa shape index (κ2) is 7.75. The van der Waals surface area contributed by atoms with Gasteiger partial charge in [-0.3, -0.25) is 19.3 Å². The molecule has 0 radical (unpaired) electrons. The summed E-state index contributed by atoms with van der Waals surface area (Å²) in [5.74, 6) is -1.71. The highest BCUT2D eigenvalue weighted by Gasteiger charge is 2.31. The van der Waals surface area contributed by atoms with E-state index in [0.29, 0.717) is 12.2 Å². The van der Waals surface area contributed by atoms with Crippen LogP contribution in [0.25, 0.3) is 6.08 Å². The van der Waals surface area contributed by atoms with E-state index in [4.69, 9.17) is 0 Å². The Morgan fingerprint density at radius 2 is 1.96 bits per heavy atom. The first-order valence-electron chi connectivity index (χ1n) is 8.89. The number of benzene rings is 1. The van der Waals surface area contributed by atoms with Gasteiger partial charge in [0.1, 0.15) is 18.1 Å². The normalized spacial score (nSPS) is 16.0. The summed E-state index contributed by atoms with van der Waals surface area (Å²) in [4.78, 5) is 41.2. The van der Waals surface area contributed by atoms with E-state index in [-0.39, 0.29) is 24.0 Å². The van der Waals surface area contributed by atoms with E-state index < -0.39 is 17.7 Å². The predicted octanol–water partition coefficient (Wildman–Crippen LogP) is 2.04. The summed E-state index contributed by atoms with van der Waals surface area (Å²) in [5.41, 5.74) is 2.31. The third-order valence-corrected chi connectivity index (χ3v) is 4.43. The molecule has 0 spiro atoms. The first kappa shape index (κ1) is 19.5. The van der Waals surface area contributed by atoms with E-state index in [0.717, 1.165) is 16.2 Å². The highest BCUT2D eigenvalue weighted by Crippen LogP contribution is 2.23. The van der Waals surface area contributed by atoms with E-state index in [9.17, 15) is 18.8 Å². The number of carbonyl (C=O) groups is 3. The van der Waals surface area contributed by atoms with Crippen LogP contribution in [0.15, 0.2) is 36.3 Å². The minimum atomic E-state index is -0.560. The number of imide groups is 1. The Morgan fingerprint density at radius 3 is 2.57 bits per heavy atom. The molecule has 28 heavy (non-hydrogen) atoms. The highest BCUT2D eigenvalue weighted by atomic mass is 19.1. The fourth-order valence-corrected chi connectivity index (χ4v) is 3.15. The lowest BCUT2D eigenvalue weighted by molar-refractivity contribution is -0.147. The molecule has 8 heteroatoms. The van der Waals surface area contributed by atoms with E-state index in [1.54, 1.807) is 18.5 Å². The predicted molar refractivity (Wildman–Crippen MR) is 100 cm³/mol. The summed E-state index contributed by atoms with van der Waals surface area (Å²) in [6, 6.07) is 6.20. The van der Waals surface area contributed by atoms with Crippen LogP contribution >= 0.6 is 0 Å². The molecule has 1 aliphatic rings. The first-order valence-corrected chi connectivity index (χ1v) is 8.89. The van der Waals surface area contributed by atoms with Crippen molar-refractivity contribution < 1.29 is 18.8 Å². The fraction of sp³-hybridized carbons (Fsp3) is 0.300. The minimum Gasteiger partial charge on any atom is -0.329 e. The number of rotatable bonds is 4. The Morgan fingerprint density at radius 1 is 1.29 bits per heavy atom. The molecular formula is C20H21FN4O3. The summed E-state index contributed by atoms with van der Waals surface area (Å²) in [5, 5.41) is 2.52. The SMILES string of the molecule is CC(=O)N1CC(=O)N/C(=C\c2ncn(Cc3ccc(F)cc3)c2C(C)C)C1=O. The first-order chi connectivity index (χ1) is 13.3. The molecule has 146 valence electrons. The van der Waals surface area contributed by atoms with Crippen molar-refractivity contribution in [3.05, 3.63) is 59.1 Å². The van der Waals surface area contributed by atoms with Gasteiger partial charge in [0.25, 0.3) is 5.91 Å². The zero-order chi connectivity index (χ0) is 20.4. The lowest BCUT2D eigenvalue weighted by Crippen LogP contribution is -2.51. The van der Waals surface area contributed by atoms with Gasteiger partial charge in [-0.25, -0.2) is 9.37 Å². The van der Waals surface area contributed by atoms with Gasteiger partial charge in [0, 0.05) is 19.2 Å². The number of nitrogens with one attached hydrogen (secondary N) is 1. The molecule has 0 saturated carbocycles. The summed E-state index contributed by atoms with van der Waals surface area (Å²) >= 11 is 0. The molecule has 1 N–H and O–H groups in total. The smallest absolute Gasteiger partial charge is 0.277 e. The van der Waals surface area contributed by atoms with Crippen molar-refractivity contribution in [1.29, 1.82) is 0 Å². The summed E-state index contributed by atoms with van der Waals surface area (Å²) in [7, 11) is 0.